The molecule has 0 heterocycles. The van der Waals surface area contributed by atoms with E-state index >= 15 is 0 Å². The first-order valence-electron chi connectivity index (χ1n) is 6.36. The third kappa shape index (κ3) is 3.68. The van der Waals surface area contributed by atoms with E-state index in [-0.39, 0.29) is 5.56 Å². The van der Waals surface area contributed by atoms with Gasteiger partial charge in [0.25, 0.3) is 5.91 Å². The van der Waals surface area contributed by atoms with Gasteiger partial charge in [0.1, 0.15) is 5.82 Å². The van der Waals surface area contributed by atoms with Crippen LogP contribution < -0.4 is 5.32 Å². The van der Waals surface area contributed by atoms with Gasteiger partial charge in [-0.05, 0) is 36.8 Å². The number of carbonyl (C=O) groups is 1. The van der Waals surface area contributed by atoms with Crippen LogP contribution in [-0.2, 0) is 11.3 Å². The average molecular weight is 352 g/mol. The van der Waals surface area contributed by atoms with E-state index in [9.17, 15) is 9.18 Å². The van der Waals surface area contributed by atoms with Gasteiger partial charge in [0.05, 0.1) is 12.2 Å². The molecule has 0 fully saturated rings. The fourth-order valence-electron chi connectivity index (χ4n) is 1.96. The quantitative estimate of drug-likeness (QED) is 0.891. The smallest absolute Gasteiger partial charge is 0.258 e. The maximum absolute atomic E-state index is 13.8. The van der Waals surface area contributed by atoms with Crippen molar-refractivity contribution < 1.29 is 13.9 Å². The van der Waals surface area contributed by atoms with E-state index in [1.54, 1.807) is 32.2 Å². The highest BCUT2D eigenvalue weighted by atomic mass is 79.9. The minimum absolute atomic E-state index is 0.0175. The topological polar surface area (TPSA) is 38.3 Å². The number of anilines is 1. The summed E-state index contributed by atoms with van der Waals surface area (Å²) in [5.74, 6) is -1.02. The number of hydrogen-bond acceptors (Lipinski definition) is 2. The Morgan fingerprint density at radius 1 is 1.33 bits per heavy atom. The summed E-state index contributed by atoms with van der Waals surface area (Å²) in [4.78, 5) is 12.2. The lowest BCUT2D eigenvalue weighted by Crippen LogP contribution is -2.15. The van der Waals surface area contributed by atoms with Crippen LogP contribution in [0.3, 0.4) is 0 Å². The van der Waals surface area contributed by atoms with Crippen LogP contribution in [0.4, 0.5) is 10.1 Å². The number of carbonyl (C=O) groups excluding carboxylic acids is 1. The Balaban J connectivity index is 2.29. The molecule has 2 aromatic carbocycles. The van der Waals surface area contributed by atoms with Gasteiger partial charge in [-0.2, -0.15) is 0 Å². The maximum atomic E-state index is 13.8. The van der Waals surface area contributed by atoms with Crippen LogP contribution in [0.25, 0.3) is 0 Å². The van der Waals surface area contributed by atoms with Crippen molar-refractivity contribution in [3.8, 4) is 0 Å². The Morgan fingerprint density at radius 2 is 2.10 bits per heavy atom. The van der Waals surface area contributed by atoms with E-state index in [4.69, 9.17) is 4.74 Å². The van der Waals surface area contributed by atoms with E-state index in [0.717, 1.165) is 15.6 Å². The van der Waals surface area contributed by atoms with E-state index < -0.39 is 11.7 Å². The standard InChI is InChI=1S/C16H15BrFNO2/c1-10-6-7-11(14(18)8-10)16(20)19-15-5-3-4-13(17)12(15)9-21-2/h3-8H,9H2,1-2H3,(H,19,20). The molecule has 1 N–H and O–H groups in total. The number of amides is 1. The summed E-state index contributed by atoms with van der Waals surface area (Å²) in [7, 11) is 1.57. The molecule has 0 saturated heterocycles. The zero-order valence-electron chi connectivity index (χ0n) is 11.7. The van der Waals surface area contributed by atoms with Crippen LogP contribution in [0.1, 0.15) is 21.5 Å². The lowest BCUT2D eigenvalue weighted by atomic mass is 10.1. The average Bonchev–Trinajstić information content (AvgIpc) is 2.42. The molecular formula is C16H15BrFNO2. The number of hydrogen-bond donors (Lipinski definition) is 1. The Kier molecular flexibility index (Phi) is 5.09. The third-order valence-corrected chi connectivity index (χ3v) is 3.77. The van der Waals surface area contributed by atoms with Crippen molar-refractivity contribution in [3.63, 3.8) is 0 Å². The van der Waals surface area contributed by atoms with Crippen LogP contribution in [0.5, 0.6) is 0 Å². The first kappa shape index (κ1) is 15.7. The van der Waals surface area contributed by atoms with Crippen LogP contribution in [0.15, 0.2) is 40.9 Å². The molecule has 0 aliphatic carbocycles. The zero-order valence-corrected chi connectivity index (χ0v) is 13.3. The highest BCUT2D eigenvalue weighted by Crippen LogP contribution is 2.26. The number of aryl methyl sites for hydroxylation is 1. The Labute approximate surface area is 131 Å². The summed E-state index contributed by atoms with van der Waals surface area (Å²) in [6.45, 7) is 2.11. The molecule has 5 heteroatoms. The molecule has 0 saturated carbocycles. The molecule has 0 radical (unpaired) electrons. The molecule has 0 unspecified atom stereocenters. The lowest BCUT2D eigenvalue weighted by Gasteiger charge is -2.12. The Hall–Kier alpha value is -1.72. The van der Waals surface area contributed by atoms with Crippen molar-refractivity contribution in [3.05, 3.63) is 63.4 Å². The van der Waals surface area contributed by atoms with Gasteiger partial charge in [0.2, 0.25) is 0 Å². The van der Waals surface area contributed by atoms with Crippen LogP contribution >= 0.6 is 15.9 Å². The number of nitrogens with one attached hydrogen (secondary N) is 1. The Morgan fingerprint density at radius 3 is 2.76 bits per heavy atom. The van der Waals surface area contributed by atoms with Crippen molar-refractivity contribution in [1.29, 1.82) is 0 Å². The van der Waals surface area contributed by atoms with E-state index in [0.29, 0.717) is 12.3 Å². The number of halogens is 2. The summed E-state index contributed by atoms with van der Waals surface area (Å²) >= 11 is 3.41. The largest absolute Gasteiger partial charge is 0.380 e. The van der Waals surface area contributed by atoms with Crippen LogP contribution in [0, 0.1) is 12.7 Å². The van der Waals surface area contributed by atoms with Crippen molar-refractivity contribution >= 4 is 27.5 Å². The SMILES string of the molecule is COCc1c(Br)cccc1NC(=O)c1ccc(C)cc1F. The van der Waals surface area contributed by atoms with Gasteiger partial charge in [-0.25, -0.2) is 4.39 Å². The molecule has 0 atom stereocenters. The number of methoxy groups -OCH3 is 1. The molecule has 1 amide bonds. The molecule has 0 aliphatic heterocycles. The number of ether oxygens (including phenoxy) is 1. The third-order valence-electron chi connectivity index (χ3n) is 3.02. The molecule has 2 rings (SSSR count). The summed E-state index contributed by atoms with van der Waals surface area (Å²) in [5, 5.41) is 2.72. The predicted octanol–water partition coefficient (Wildman–Crippen LogP) is 4.30. The summed E-state index contributed by atoms with van der Waals surface area (Å²) in [6.07, 6.45) is 0. The van der Waals surface area contributed by atoms with Crippen LogP contribution in [-0.4, -0.2) is 13.0 Å². The van der Waals surface area contributed by atoms with Gasteiger partial charge in [0.15, 0.2) is 0 Å². The van der Waals surface area contributed by atoms with Crippen molar-refractivity contribution in [2.24, 2.45) is 0 Å². The van der Waals surface area contributed by atoms with E-state index in [1.165, 1.54) is 12.1 Å². The number of benzene rings is 2. The van der Waals surface area contributed by atoms with Gasteiger partial charge in [-0.1, -0.05) is 28.1 Å². The van der Waals surface area contributed by atoms with Crippen molar-refractivity contribution in [2.75, 3.05) is 12.4 Å². The first-order valence-corrected chi connectivity index (χ1v) is 7.16. The highest BCUT2D eigenvalue weighted by Gasteiger charge is 2.14. The maximum Gasteiger partial charge on any atom is 0.258 e. The Bertz CT molecular complexity index is 673. The van der Waals surface area contributed by atoms with Gasteiger partial charge in [-0.15, -0.1) is 0 Å². The fraction of sp³-hybridized carbons (Fsp3) is 0.188. The highest BCUT2D eigenvalue weighted by molar-refractivity contribution is 9.10. The summed E-state index contributed by atoms with van der Waals surface area (Å²) in [6, 6.07) is 9.93. The van der Waals surface area contributed by atoms with Crippen molar-refractivity contribution in [1.82, 2.24) is 0 Å². The second-order valence-electron chi connectivity index (χ2n) is 4.64. The second-order valence-corrected chi connectivity index (χ2v) is 5.49. The first-order chi connectivity index (χ1) is 10.0. The molecule has 0 aliphatic rings. The minimum atomic E-state index is -0.532. The predicted molar refractivity (Wildman–Crippen MR) is 83.9 cm³/mol. The fourth-order valence-corrected chi connectivity index (χ4v) is 2.44. The molecule has 2 aromatic rings. The van der Waals surface area contributed by atoms with Gasteiger partial charge >= 0.3 is 0 Å². The molecule has 0 spiro atoms. The molecule has 21 heavy (non-hydrogen) atoms. The van der Waals surface area contributed by atoms with Crippen LogP contribution in [0.2, 0.25) is 0 Å². The molecule has 0 bridgehead atoms. The van der Waals surface area contributed by atoms with E-state index in [2.05, 4.69) is 21.2 Å². The second kappa shape index (κ2) is 6.83. The number of rotatable bonds is 4. The van der Waals surface area contributed by atoms with Gasteiger partial charge < -0.3 is 10.1 Å². The van der Waals surface area contributed by atoms with Gasteiger partial charge in [0, 0.05) is 22.8 Å². The molecule has 0 aromatic heterocycles. The molecular weight excluding hydrogens is 337 g/mol. The van der Waals surface area contributed by atoms with E-state index in [1.807, 2.05) is 6.07 Å². The minimum Gasteiger partial charge on any atom is -0.380 e. The normalized spacial score (nSPS) is 10.5. The van der Waals surface area contributed by atoms with Gasteiger partial charge in [-0.3, -0.25) is 4.79 Å². The monoisotopic (exact) mass is 351 g/mol. The van der Waals surface area contributed by atoms with Crippen molar-refractivity contribution in [2.45, 2.75) is 13.5 Å². The summed E-state index contributed by atoms with van der Waals surface area (Å²) < 4.78 is 19.8. The molecule has 110 valence electrons. The lowest BCUT2D eigenvalue weighted by molar-refractivity contribution is 0.102. The summed E-state index contributed by atoms with van der Waals surface area (Å²) in [5.41, 5.74) is 2.19. The zero-order chi connectivity index (χ0) is 15.4. The molecule has 3 nitrogen and oxygen atoms in total.